The van der Waals surface area contributed by atoms with Gasteiger partial charge < -0.3 is 5.32 Å². The Labute approximate surface area is 126 Å². The number of hydrogen-bond donors (Lipinski definition) is 1. The normalized spacial score (nSPS) is 13.1. The molecule has 0 radical (unpaired) electrons. The molecule has 0 saturated heterocycles. The molecule has 1 rings (SSSR count). The summed E-state index contributed by atoms with van der Waals surface area (Å²) in [5.74, 6) is -0.126. The number of aryl methyl sites for hydroxylation is 2. The first-order valence-electron chi connectivity index (χ1n) is 6.98. The van der Waals surface area contributed by atoms with Crippen LogP contribution in [0.25, 0.3) is 0 Å². The lowest BCUT2D eigenvalue weighted by Gasteiger charge is -2.22. The van der Waals surface area contributed by atoms with E-state index in [0.29, 0.717) is 18.5 Å². The molecule has 0 aromatic carbocycles. The first-order chi connectivity index (χ1) is 9.23. The minimum Gasteiger partial charge on any atom is -0.350 e. The van der Waals surface area contributed by atoms with Gasteiger partial charge in [0.2, 0.25) is 0 Å². The molecule has 0 aliphatic heterocycles. The van der Waals surface area contributed by atoms with Crippen molar-refractivity contribution >= 4 is 17.5 Å². The van der Waals surface area contributed by atoms with Gasteiger partial charge in [0, 0.05) is 6.54 Å². The van der Waals surface area contributed by atoms with Crippen molar-refractivity contribution < 1.29 is 4.79 Å². The molecule has 1 unspecified atom stereocenters. The van der Waals surface area contributed by atoms with Gasteiger partial charge in [0.05, 0.1) is 22.3 Å². The van der Waals surface area contributed by atoms with Gasteiger partial charge in [0.15, 0.2) is 0 Å². The van der Waals surface area contributed by atoms with Crippen molar-refractivity contribution in [3.63, 3.8) is 0 Å². The Morgan fingerprint density at radius 1 is 1.40 bits per heavy atom. The molecular weight excluding hydrogens is 274 g/mol. The van der Waals surface area contributed by atoms with E-state index in [-0.39, 0.29) is 16.7 Å². The van der Waals surface area contributed by atoms with Gasteiger partial charge in [-0.1, -0.05) is 27.7 Å². The van der Waals surface area contributed by atoms with E-state index in [0.717, 1.165) is 17.8 Å². The van der Waals surface area contributed by atoms with Gasteiger partial charge >= 0.3 is 0 Å². The molecule has 1 heterocycles. The van der Waals surface area contributed by atoms with E-state index >= 15 is 0 Å². The SMILES string of the molecule is CCc1nnc(C)cc1C(=O)NCC(Cl)CC(C)(C)C. The minimum absolute atomic E-state index is 0.0695. The van der Waals surface area contributed by atoms with Crippen LogP contribution in [-0.4, -0.2) is 28.0 Å². The van der Waals surface area contributed by atoms with E-state index < -0.39 is 0 Å². The van der Waals surface area contributed by atoms with Gasteiger partial charge in [-0.15, -0.1) is 11.6 Å². The number of carbonyl (C=O) groups is 1. The molecule has 0 aliphatic rings. The summed E-state index contributed by atoms with van der Waals surface area (Å²) in [5.41, 5.74) is 2.21. The Morgan fingerprint density at radius 3 is 2.60 bits per heavy atom. The molecule has 20 heavy (non-hydrogen) atoms. The van der Waals surface area contributed by atoms with Crippen LogP contribution in [0.2, 0.25) is 0 Å². The fraction of sp³-hybridized carbons (Fsp3) is 0.667. The van der Waals surface area contributed by atoms with Crippen molar-refractivity contribution in [2.24, 2.45) is 5.41 Å². The second-order valence-corrected chi connectivity index (χ2v) is 6.89. The van der Waals surface area contributed by atoms with E-state index in [1.165, 1.54) is 0 Å². The zero-order valence-electron chi connectivity index (χ0n) is 13.0. The quantitative estimate of drug-likeness (QED) is 0.850. The van der Waals surface area contributed by atoms with Crippen LogP contribution in [0.15, 0.2) is 6.07 Å². The smallest absolute Gasteiger partial charge is 0.253 e. The third kappa shape index (κ3) is 5.45. The van der Waals surface area contributed by atoms with Crippen LogP contribution in [0, 0.1) is 12.3 Å². The molecule has 0 bridgehead atoms. The summed E-state index contributed by atoms with van der Waals surface area (Å²) in [6.45, 7) is 10.6. The van der Waals surface area contributed by atoms with Gasteiger partial charge in [0.25, 0.3) is 5.91 Å². The van der Waals surface area contributed by atoms with Gasteiger partial charge in [-0.05, 0) is 31.2 Å². The van der Waals surface area contributed by atoms with Crippen molar-refractivity contribution in [3.8, 4) is 0 Å². The third-order valence-electron chi connectivity index (χ3n) is 2.89. The number of hydrogen-bond acceptors (Lipinski definition) is 3. The molecule has 1 amide bonds. The molecule has 1 N–H and O–H groups in total. The Bertz CT molecular complexity index is 469. The van der Waals surface area contributed by atoms with Crippen molar-refractivity contribution in [3.05, 3.63) is 23.0 Å². The lowest BCUT2D eigenvalue weighted by molar-refractivity contribution is 0.0950. The van der Waals surface area contributed by atoms with Gasteiger partial charge in [0.1, 0.15) is 0 Å². The number of halogens is 1. The zero-order chi connectivity index (χ0) is 15.3. The fourth-order valence-electron chi connectivity index (χ4n) is 2.01. The van der Waals surface area contributed by atoms with Crippen LogP contribution < -0.4 is 5.32 Å². The topological polar surface area (TPSA) is 54.9 Å². The van der Waals surface area contributed by atoms with E-state index in [2.05, 4.69) is 36.3 Å². The van der Waals surface area contributed by atoms with Crippen LogP contribution in [0.1, 0.15) is 55.9 Å². The average molecular weight is 298 g/mol. The highest BCUT2D eigenvalue weighted by atomic mass is 35.5. The Hall–Kier alpha value is -1.16. The summed E-state index contributed by atoms with van der Waals surface area (Å²) < 4.78 is 0. The molecule has 0 saturated carbocycles. The fourth-order valence-corrected chi connectivity index (χ4v) is 2.55. The minimum atomic E-state index is -0.126. The number of rotatable bonds is 5. The maximum atomic E-state index is 12.2. The number of nitrogens with one attached hydrogen (secondary N) is 1. The summed E-state index contributed by atoms with van der Waals surface area (Å²) >= 11 is 6.26. The van der Waals surface area contributed by atoms with E-state index in [1.807, 2.05) is 13.8 Å². The molecule has 0 aliphatic carbocycles. The van der Waals surface area contributed by atoms with Crippen LogP contribution in [0.5, 0.6) is 0 Å². The second kappa shape index (κ2) is 7.02. The summed E-state index contributed by atoms with van der Waals surface area (Å²) in [7, 11) is 0. The Morgan fingerprint density at radius 2 is 2.05 bits per heavy atom. The number of amides is 1. The molecule has 112 valence electrons. The lowest BCUT2D eigenvalue weighted by atomic mass is 9.90. The predicted octanol–water partition coefficient (Wildman–Crippen LogP) is 3.12. The number of nitrogens with zero attached hydrogens (tertiary/aromatic N) is 2. The summed E-state index contributed by atoms with van der Waals surface area (Å²) in [4.78, 5) is 12.2. The number of alkyl halides is 1. The van der Waals surface area contributed by atoms with Crippen LogP contribution in [0.4, 0.5) is 0 Å². The highest BCUT2D eigenvalue weighted by molar-refractivity contribution is 6.21. The largest absolute Gasteiger partial charge is 0.350 e. The standard InChI is InChI=1S/C15H24ClN3O/c1-6-13-12(7-10(2)18-19-13)14(20)17-9-11(16)8-15(3,4)5/h7,11H,6,8-9H2,1-5H3,(H,17,20). The van der Waals surface area contributed by atoms with E-state index in [4.69, 9.17) is 11.6 Å². The maximum absolute atomic E-state index is 12.2. The van der Waals surface area contributed by atoms with Crippen molar-refractivity contribution in [2.45, 2.75) is 52.8 Å². The molecule has 0 fully saturated rings. The van der Waals surface area contributed by atoms with Crippen LogP contribution in [0.3, 0.4) is 0 Å². The van der Waals surface area contributed by atoms with Crippen molar-refractivity contribution in [2.75, 3.05) is 6.54 Å². The molecular formula is C15H24ClN3O. The molecule has 1 aromatic heterocycles. The monoisotopic (exact) mass is 297 g/mol. The number of aromatic nitrogens is 2. The molecule has 1 aromatic rings. The average Bonchev–Trinajstić information content (AvgIpc) is 2.33. The predicted molar refractivity (Wildman–Crippen MR) is 82.2 cm³/mol. The van der Waals surface area contributed by atoms with Crippen LogP contribution >= 0.6 is 11.6 Å². The molecule has 4 nitrogen and oxygen atoms in total. The molecule has 0 spiro atoms. The van der Waals surface area contributed by atoms with Crippen molar-refractivity contribution in [1.82, 2.24) is 15.5 Å². The van der Waals surface area contributed by atoms with Crippen LogP contribution in [-0.2, 0) is 6.42 Å². The number of carbonyl (C=O) groups excluding carboxylic acids is 1. The first-order valence-corrected chi connectivity index (χ1v) is 7.42. The third-order valence-corrected chi connectivity index (χ3v) is 3.20. The highest BCUT2D eigenvalue weighted by Crippen LogP contribution is 2.23. The van der Waals surface area contributed by atoms with Gasteiger partial charge in [-0.3, -0.25) is 4.79 Å². The van der Waals surface area contributed by atoms with Crippen molar-refractivity contribution in [1.29, 1.82) is 0 Å². The van der Waals surface area contributed by atoms with Gasteiger partial charge in [-0.2, -0.15) is 10.2 Å². The summed E-state index contributed by atoms with van der Waals surface area (Å²) in [5, 5.41) is 10.9. The highest BCUT2D eigenvalue weighted by Gasteiger charge is 2.19. The maximum Gasteiger partial charge on any atom is 0.253 e. The summed E-state index contributed by atoms with van der Waals surface area (Å²) in [6.07, 6.45) is 1.53. The first kappa shape index (κ1) is 16.9. The van der Waals surface area contributed by atoms with E-state index in [9.17, 15) is 4.79 Å². The molecule has 5 heteroatoms. The van der Waals surface area contributed by atoms with E-state index in [1.54, 1.807) is 6.07 Å². The second-order valence-electron chi connectivity index (χ2n) is 6.27. The lowest BCUT2D eigenvalue weighted by Crippen LogP contribution is -2.32. The van der Waals surface area contributed by atoms with Gasteiger partial charge in [-0.25, -0.2) is 0 Å². The molecule has 1 atom stereocenters. The zero-order valence-corrected chi connectivity index (χ0v) is 13.7. The summed E-state index contributed by atoms with van der Waals surface area (Å²) in [6, 6.07) is 1.77. The Balaban J connectivity index is 2.65. The Kier molecular flexibility index (Phi) is 5.93.